The summed E-state index contributed by atoms with van der Waals surface area (Å²) in [7, 11) is 0. The maximum absolute atomic E-state index is 14.4. The summed E-state index contributed by atoms with van der Waals surface area (Å²) in [6, 6.07) is 4.77. The van der Waals surface area contributed by atoms with E-state index in [0.29, 0.717) is 35.1 Å². The lowest BCUT2D eigenvalue weighted by Crippen LogP contribution is -2.35. The van der Waals surface area contributed by atoms with Crippen LogP contribution < -0.4 is 9.64 Å². The average Bonchev–Trinajstić information content (AvgIpc) is 3.39. The molecule has 1 saturated carbocycles. The van der Waals surface area contributed by atoms with Gasteiger partial charge in [-0.3, -0.25) is 0 Å². The number of benzene rings is 1. The minimum Gasteiger partial charge on any atom is -0.493 e. The molecule has 0 N–H and O–H groups in total. The van der Waals surface area contributed by atoms with Gasteiger partial charge in [0.05, 0.1) is 29.6 Å². The van der Waals surface area contributed by atoms with Gasteiger partial charge in [0.1, 0.15) is 11.6 Å². The first-order valence-electron chi connectivity index (χ1n) is 11.0. The molecule has 5 rings (SSSR count). The second kappa shape index (κ2) is 9.02. The van der Waals surface area contributed by atoms with Gasteiger partial charge in [0, 0.05) is 26.1 Å². The Kier molecular flexibility index (Phi) is 5.95. The SMILES string of the molecule is Cc1nnc(-c2ccc(OC[C@H]3C[C@@H]3CC3CCN(c4ncc(Cl)cn4)CC3)cc2F)o1. The summed E-state index contributed by atoms with van der Waals surface area (Å²) >= 11 is 5.88. The number of piperidine rings is 1. The van der Waals surface area contributed by atoms with Crippen LogP contribution in [0.5, 0.6) is 5.75 Å². The van der Waals surface area contributed by atoms with E-state index < -0.39 is 5.82 Å². The van der Waals surface area contributed by atoms with E-state index in [2.05, 4.69) is 25.1 Å². The quantitative estimate of drug-likeness (QED) is 0.496. The third-order valence-electron chi connectivity index (χ3n) is 6.37. The van der Waals surface area contributed by atoms with E-state index in [-0.39, 0.29) is 11.5 Å². The van der Waals surface area contributed by atoms with Crippen LogP contribution in [-0.2, 0) is 0 Å². The molecule has 2 fully saturated rings. The highest BCUT2D eigenvalue weighted by Crippen LogP contribution is 2.45. The Morgan fingerprint density at radius 2 is 1.94 bits per heavy atom. The number of ether oxygens (including phenoxy) is 1. The summed E-state index contributed by atoms with van der Waals surface area (Å²) in [5, 5.41) is 8.17. The van der Waals surface area contributed by atoms with E-state index in [9.17, 15) is 4.39 Å². The molecule has 3 aromatic rings. The lowest BCUT2D eigenvalue weighted by Gasteiger charge is -2.32. The molecule has 0 bridgehead atoms. The molecule has 2 aromatic heterocycles. The molecule has 3 heterocycles. The second-order valence-corrected chi connectivity index (χ2v) is 9.14. The predicted octanol–water partition coefficient (Wildman–Crippen LogP) is 4.95. The minimum absolute atomic E-state index is 0.183. The Labute approximate surface area is 191 Å². The third-order valence-corrected chi connectivity index (χ3v) is 6.57. The maximum Gasteiger partial charge on any atom is 0.250 e. The monoisotopic (exact) mass is 457 g/mol. The van der Waals surface area contributed by atoms with E-state index >= 15 is 0 Å². The van der Waals surface area contributed by atoms with Crippen molar-refractivity contribution in [2.24, 2.45) is 17.8 Å². The van der Waals surface area contributed by atoms with Crippen LogP contribution in [0.25, 0.3) is 11.5 Å². The van der Waals surface area contributed by atoms with Crippen molar-refractivity contribution >= 4 is 17.5 Å². The zero-order valence-electron chi connectivity index (χ0n) is 17.9. The van der Waals surface area contributed by atoms with Crippen molar-refractivity contribution in [3.63, 3.8) is 0 Å². The Morgan fingerprint density at radius 3 is 2.62 bits per heavy atom. The lowest BCUT2D eigenvalue weighted by atomic mass is 9.91. The average molecular weight is 458 g/mol. The first-order chi connectivity index (χ1) is 15.5. The van der Waals surface area contributed by atoms with Crippen LogP contribution in [0.1, 0.15) is 31.6 Å². The molecule has 0 unspecified atom stereocenters. The van der Waals surface area contributed by atoms with Gasteiger partial charge in [-0.05, 0) is 55.6 Å². The topological polar surface area (TPSA) is 77.2 Å². The van der Waals surface area contributed by atoms with E-state index in [1.165, 1.54) is 18.9 Å². The van der Waals surface area contributed by atoms with Crippen molar-refractivity contribution < 1.29 is 13.5 Å². The molecule has 2 aliphatic rings. The first-order valence-corrected chi connectivity index (χ1v) is 11.4. The molecule has 1 aromatic carbocycles. The van der Waals surface area contributed by atoms with Gasteiger partial charge in [-0.15, -0.1) is 10.2 Å². The zero-order chi connectivity index (χ0) is 22.1. The summed E-state index contributed by atoms with van der Waals surface area (Å²) < 4.78 is 25.6. The van der Waals surface area contributed by atoms with Crippen molar-refractivity contribution in [1.82, 2.24) is 20.2 Å². The molecule has 7 nitrogen and oxygen atoms in total. The molecular weight excluding hydrogens is 433 g/mol. The fourth-order valence-electron chi connectivity index (χ4n) is 4.44. The zero-order valence-corrected chi connectivity index (χ0v) is 18.6. The Bertz CT molecular complexity index is 1070. The first kappa shape index (κ1) is 21.1. The van der Waals surface area contributed by atoms with Gasteiger partial charge < -0.3 is 14.1 Å². The standard InChI is InChI=1S/C23H25ClFN5O2/c1-14-28-29-22(32-14)20-3-2-19(10-21(20)25)31-13-17-9-16(17)8-15-4-6-30(7-5-15)23-26-11-18(24)12-27-23/h2-3,10-12,15-17H,4-9,13H2,1H3/t16-,17+/m0/s1. The normalized spacial score (nSPS) is 21.0. The lowest BCUT2D eigenvalue weighted by molar-refractivity contribution is 0.278. The molecule has 168 valence electrons. The van der Waals surface area contributed by atoms with Crippen molar-refractivity contribution in [2.45, 2.75) is 32.6 Å². The van der Waals surface area contributed by atoms with Crippen LogP contribution in [0, 0.1) is 30.5 Å². The predicted molar refractivity (Wildman–Crippen MR) is 118 cm³/mol. The highest BCUT2D eigenvalue weighted by molar-refractivity contribution is 6.30. The van der Waals surface area contributed by atoms with Crippen molar-refractivity contribution in [1.29, 1.82) is 0 Å². The van der Waals surface area contributed by atoms with Crippen molar-refractivity contribution in [3.8, 4) is 17.2 Å². The number of rotatable bonds is 7. The Hall–Kier alpha value is -2.74. The smallest absolute Gasteiger partial charge is 0.250 e. The molecule has 0 spiro atoms. The van der Waals surface area contributed by atoms with Crippen LogP contribution in [0.3, 0.4) is 0 Å². The largest absolute Gasteiger partial charge is 0.493 e. The van der Waals surface area contributed by atoms with Crippen LogP contribution in [-0.4, -0.2) is 39.9 Å². The highest BCUT2D eigenvalue weighted by atomic mass is 35.5. The molecule has 1 aliphatic carbocycles. The molecule has 2 atom stereocenters. The number of nitrogens with zero attached hydrogens (tertiary/aromatic N) is 5. The van der Waals surface area contributed by atoms with Crippen LogP contribution in [0.2, 0.25) is 5.02 Å². The summed E-state index contributed by atoms with van der Waals surface area (Å²) in [6.45, 7) is 4.26. The van der Waals surface area contributed by atoms with Gasteiger partial charge >= 0.3 is 0 Å². The van der Waals surface area contributed by atoms with E-state index in [0.717, 1.165) is 37.8 Å². The van der Waals surface area contributed by atoms with Gasteiger partial charge in [0.15, 0.2) is 0 Å². The second-order valence-electron chi connectivity index (χ2n) is 8.70. The fourth-order valence-corrected chi connectivity index (χ4v) is 4.53. The van der Waals surface area contributed by atoms with E-state index in [1.807, 2.05) is 0 Å². The number of aryl methyl sites for hydroxylation is 1. The van der Waals surface area contributed by atoms with Crippen molar-refractivity contribution in [3.05, 3.63) is 47.3 Å². The Morgan fingerprint density at radius 1 is 1.16 bits per heavy atom. The molecule has 0 amide bonds. The number of anilines is 1. The summed E-state index contributed by atoms with van der Waals surface area (Å²) in [4.78, 5) is 10.9. The maximum atomic E-state index is 14.4. The fraction of sp³-hybridized carbons (Fsp3) is 0.478. The van der Waals surface area contributed by atoms with Gasteiger partial charge in [-0.25, -0.2) is 14.4 Å². The third kappa shape index (κ3) is 4.85. The summed E-state index contributed by atoms with van der Waals surface area (Å²) in [5.74, 6) is 3.43. The Balaban J connectivity index is 1.06. The summed E-state index contributed by atoms with van der Waals surface area (Å²) in [5.41, 5.74) is 0.289. The molecule has 0 radical (unpaired) electrons. The number of halogens is 2. The number of hydrogen-bond donors (Lipinski definition) is 0. The van der Waals surface area contributed by atoms with Crippen molar-refractivity contribution in [2.75, 3.05) is 24.6 Å². The van der Waals surface area contributed by atoms with Gasteiger partial charge in [-0.1, -0.05) is 11.6 Å². The van der Waals surface area contributed by atoms with Crippen LogP contribution in [0.15, 0.2) is 35.0 Å². The molecule has 1 saturated heterocycles. The minimum atomic E-state index is -0.421. The van der Waals surface area contributed by atoms with Crippen LogP contribution in [0.4, 0.5) is 10.3 Å². The van der Waals surface area contributed by atoms with Crippen LogP contribution >= 0.6 is 11.6 Å². The molecule has 9 heteroatoms. The van der Waals surface area contributed by atoms with Gasteiger partial charge in [0.25, 0.3) is 5.89 Å². The van der Waals surface area contributed by atoms with E-state index in [1.54, 1.807) is 31.5 Å². The highest BCUT2D eigenvalue weighted by Gasteiger charge is 2.39. The van der Waals surface area contributed by atoms with Gasteiger partial charge in [0.2, 0.25) is 11.8 Å². The van der Waals surface area contributed by atoms with Gasteiger partial charge in [-0.2, -0.15) is 0 Å². The number of aromatic nitrogens is 4. The molecule has 32 heavy (non-hydrogen) atoms. The number of hydrogen-bond acceptors (Lipinski definition) is 7. The van der Waals surface area contributed by atoms with E-state index in [4.69, 9.17) is 20.8 Å². The molecule has 1 aliphatic heterocycles. The summed E-state index contributed by atoms with van der Waals surface area (Å²) in [6.07, 6.45) is 8.01. The molecular formula is C23H25ClFN5O2.